The molecule has 4 unspecified atom stereocenters. The largest absolute Gasteiger partial charge is 0.507 e. The highest BCUT2D eigenvalue weighted by atomic mass is 19.1. The second kappa shape index (κ2) is 42.0. The number of methoxy groups -OCH3 is 2. The summed E-state index contributed by atoms with van der Waals surface area (Å²) in [7, 11) is 7.33. The minimum atomic E-state index is -0.604. The summed E-state index contributed by atoms with van der Waals surface area (Å²) < 4.78 is 82.1. The van der Waals surface area contributed by atoms with E-state index in [0.717, 1.165) is 61.3 Å². The third-order valence-corrected chi connectivity index (χ3v) is 25.9. The number of rotatable bonds is 22. The number of hydrogen-bond acceptors (Lipinski definition) is 30. The first kappa shape index (κ1) is 94.6. The van der Waals surface area contributed by atoms with Gasteiger partial charge in [-0.3, -0.25) is 34.6 Å². The van der Waals surface area contributed by atoms with Gasteiger partial charge in [0.05, 0.1) is 91.2 Å². The highest BCUT2D eigenvalue weighted by Crippen LogP contribution is 2.54. The lowest BCUT2D eigenvalue weighted by Crippen LogP contribution is -2.46. The van der Waals surface area contributed by atoms with E-state index >= 15 is 0 Å². The van der Waals surface area contributed by atoms with Crippen LogP contribution in [0.1, 0.15) is 149 Å². The van der Waals surface area contributed by atoms with E-state index in [4.69, 9.17) is 55.6 Å². The van der Waals surface area contributed by atoms with E-state index in [-0.39, 0.29) is 84.2 Å². The summed E-state index contributed by atoms with van der Waals surface area (Å²) in [6.07, 6.45) is 14.7. The molecule has 4 fully saturated rings. The summed E-state index contributed by atoms with van der Waals surface area (Å²) in [6.45, 7) is 22.9. The Balaban J connectivity index is 0.000000127. The van der Waals surface area contributed by atoms with E-state index < -0.39 is 35.9 Å². The minimum absolute atomic E-state index is 0.0422. The molecular formula is C106H109FN10O20. The van der Waals surface area contributed by atoms with Gasteiger partial charge in [-0.25, -0.2) is 24.2 Å². The number of likely N-dealkylation sites (N-methyl/N-ethyl adjacent to an activating group) is 2. The maximum Gasteiger partial charge on any atom is 0.342 e. The molecule has 0 spiro atoms. The van der Waals surface area contributed by atoms with Crippen LogP contribution in [-0.4, -0.2) is 253 Å². The molecule has 4 aliphatic heterocycles. The lowest BCUT2D eigenvalue weighted by Gasteiger charge is -2.39. The third kappa shape index (κ3) is 18.7. The number of carbonyl (C=O) groups excluding carboxylic acids is 4. The van der Waals surface area contributed by atoms with Gasteiger partial charge in [-0.05, 0) is 157 Å². The number of nitrogens with zero attached hydrogens (tertiary/aromatic N) is 10. The van der Waals surface area contributed by atoms with Crippen molar-refractivity contribution in [2.24, 2.45) is 0 Å². The van der Waals surface area contributed by atoms with Crippen LogP contribution in [0, 0.1) is 19.8 Å². The van der Waals surface area contributed by atoms with Gasteiger partial charge in [-0.1, -0.05) is 54.6 Å². The molecule has 8 aromatic heterocycles. The molecule has 20 rings (SSSR count). The quantitative estimate of drug-likeness (QED) is 0.0278. The Hall–Kier alpha value is -14.2. The monoisotopic (exact) mass is 1860 g/mol. The second-order valence-electron chi connectivity index (χ2n) is 33.9. The number of furan rings is 4. The zero-order valence-corrected chi connectivity index (χ0v) is 78.0. The Labute approximate surface area is 789 Å². The first-order chi connectivity index (χ1) is 66.7. The second-order valence-corrected chi connectivity index (χ2v) is 33.9. The lowest BCUT2D eigenvalue weighted by atomic mass is 9.89. The summed E-state index contributed by atoms with van der Waals surface area (Å²) in [6, 6.07) is 39.0. The van der Waals surface area contributed by atoms with Crippen molar-refractivity contribution in [1.29, 1.82) is 0 Å². The number of fused-ring (bicyclic) bond motifs is 12. The van der Waals surface area contributed by atoms with Crippen molar-refractivity contribution in [3.05, 3.63) is 274 Å². The van der Waals surface area contributed by atoms with E-state index in [1.165, 1.54) is 24.8 Å². The van der Waals surface area contributed by atoms with E-state index in [2.05, 4.69) is 63.4 Å². The first-order valence-electron chi connectivity index (χ1n) is 46.0. The van der Waals surface area contributed by atoms with Crippen LogP contribution in [0.15, 0.2) is 207 Å². The molecule has 16 aromatic rings. The fourth-order valence-electron chi connectivity index (χ4n) is 19.5. The average molecular weight is 1860 g/mol. The van der Waals surface area contributed by atoms with Crippen molar-refractivity contribution >= 4 is 111 Å². The molecule has 0 radical (unpaired) electrons. The van der Waals surface area contributed by atoms with Crippen molar-refractivity contribution in [3.8, 4) is 34.5 Å². The maximum absolute atomic E-state index is 14.4. The number of phenols is 4. The molecule has 710 valence electrons. The maximum atomic E-state index is 14.4. The van der Waals surface area contributed by atoms with E-state index in [1.54, 1.807) is 117 Å². The number of benzene rings is 8. The number of carbonyl (C=O) groups is 4. The van der Waals surface area contributed by atoms with Gasteiger partial charge in [-0.15, -0.1) is 0 Å². The normalized spacial score (nSPS) is 15.8. The molecule has 4 saturated heterocycles. The van der Waals surface area contributed by atoms with E-state index in [0.29, 0.717) is 204 Å². The fourth-order valence-corrected chi connectivity index (χ4v) is 19.5. The van der Waals surface area contributed by atoms with Crippen LogP contribution in [0.5, 0.6) is 34.5 Å². The standard InChI is InChI=1S/C27H28FN3O4.C27H29N3O4.2C26H26N2O6/c1-4-34-27(33)21-16(2)35-26-19-8-6-5-7-18(19)25(32)23(22(21)26)24(17-9-10-29-20(28)15-17)31-13-11-30(3)12-14-31;1-4-33-27(32)21-17(2)34-26-20-10-6-5-9-19(20)25(31)23(22(21)26)24(18-8-7-11-28-16-18)30-14-12-29(3)13-15-30;1-3-33-26(30)20-15-34-25-18-5-4-17(31-2)14-19(18)24(29)22(21(20)25)23(16-6-8-27-9-7-16)28-10-12-32-13-11-28;1-3-33-26(30)20-15-34-25-19-14-17(31-2)4-5-18(19)24(29)22(21(20)25)23(16-6-8-27-9-7-16)28-10-12-32-13-11-28/h5-10,15,24,32H,4,11-14H2,1-3H3;5-11,16,24,31H,4,12-15H2,1-3H3;2*4-9,14-15,23,29H,3,10-13H2,1-2H3. The van der Waals surface area contributed by atoms with Crippen LogP contribution in [0.3, 0.4) is 0 Å². The Bertz CT molecular complexity index is 7090. The number of hydrogen-bond donors (Lipinski definition) is 4. The van der Waals surface area contributed by atoms with Crippen molar-refractivity contribution in [3.63, 3.8) is 0 Å². The lowest BCUT2D eigenvalue weighted by molar-refractivity contribution is 0.0238. The van der Waals surface area contributed by atoms with Gasteiger partial charge in [0.1, 0.15) is 103 Å². The van der Waals surface area contributed by atoms with Crippen LogP contribution in [-0.2, 0) is 28.4 Å². The molecule has 30 nitrogen and oxygen atoms in total. The molecule has 4 N–H and O–H groups in total. The topological polar surface area (TPSA) is 347 Å². The summed E-state index contributed by atoms with van der Waals surface area (Å²) in [5, 5.41) is 54.4. The summed E-state index contributed by atoms with van der Waals surface area (Å²) in [4.78, 5) is 82.1. The predicted octanol–water partition coefficient (Wildman–Crippen LogP) is 17.7. The molecule has 4 aliphatic rings. The van der Waals surface area contributed by atoms with Gasteiger partial charge in [0.15, 0.2) is 0 Å². The molecule has 0 saturated carbocycles. The molecule has 0 bridgehead atoms. The molecule has 0 amide bonds. The molecule has 12 heterocycles. The molecule has 4 atom stereocenters. The number of phenolic OH excluding ortho intramolecular Hbond substituents is 4. The Morgan fingerprint density at radius 1 is 0.380 bits per heavy atom. The zero-order valence-electron chi connectivity index (χ0n) is 78.0. The number of ether oxygens (including phenoxy) is 8. The smallest absolute Gasteiger partial charge is 0.342 e. The van der Waals surface area contributed by atoms with Crippen LogP contribution in [0.2, 0.25) is 0 Å². The molecule has 137 heavy (non-hydrogen) atoms. The predicted molar refractivity (Wildman–Crippen MR) is 515 cm³/mol. The minimum Gasteiger partial charge on any atom is -0.507 e. The van der Waals surface area contributed by atoms with Gasteiger partial charge in [0, 0.05) is 209 Å². The number of halogens is 1. The SMILES string of the molecule is CCOC(=O)c1c(C)oc2c1c(C(c1cccnc1)N1CCN(C)CC1)c(O)c1ccccc12.CCOC(=O)c1c(C)oc2c1c(C(c1ccnc(F)c1)N1CCN(C)CC1)c(O)c1ccccc12.CCOC(=O)c1coc2c1c(C(c1ccncc1)N1CCOCC1)c(O)c1cc(OC)ccc12.CCOC(=O)c1coc2c1c(C(c1ccncc1)N1CCOCC1)c(O)c1ccc(OC)cc12. The van der Waals surface area contributed by atoms with Crippen LogP contribution in [0.25, 0.3) is 87.0 Å². The Morgan fingerprint density at radius 3 is 1.17 bits per heavy atom. The summed E-state index contributed by atoms with van der Waals surface area (Å²) in [5.41, 5.74) is 9.14. The number of aromatic nitrogens is 4. The number of esters is 4. The van der Waals surface area contributed by atoms with Crippen LogP contribution in [0.4, 0.5) is 4.39 Å². The van der Waals surface area contributed by atoms with Crippen LogP contribution < -0.4 is 9.47 Å². The first-order valence-corrected chi connectivity index (χ1v) is 46.0. The van der Waals surface area contributed by atoms with Crippen molar-refractivity contribution in [2.75, 3.05) is 160 Å². The van der Waals surface area contributed by atoms with E-state index in [9.17, 15) is 44.0 Å². The van der Waals surface area contributed by atoms with Crippen molar-refractivity contribution in [2.45, 2.75) is 65.7 Å². The van der Waals surface area contributed by atoms with Crippen LogP contribution >= 0.6 is 0 Å². The number of pyridine rings is 4. The van der Waals surface area contributed by atoms with Gasteiger partial charge >= 0.3 is 23.9 Å². The number of morpholine rings is 2. The number of aryl methyl sites for hydroxylation is 2. The summed E-state index contributed by atoms with van der Waals surface area (Å²) in [5.74, 6) is -0.0872. The Morgan fingerprint density at radius 2 is 0.745 bits per heavy atom. The number of piperazine rings is 2. The molecular weight excluding hydrogens is 1750 g/mol. The molecule has 8 aromatic carbocycles. The zero-order chi connectivity index (χ0) is 95.8. The Kier molecular flexibility index (Phi) is 29.0. The van der Waals surface area contributed by atoms with Gasteiger partial charge in [0.2, 0.25) is 5.95 Å². The fraction of sp³-hybridized carbons (Fsp3) is 0.321. The molecule has 0 aliphatic carbocycles. The third-order valence-electron chi connectivity index (χ3n) is 25.9. The summed E-state index contributed by atoms with van der Waals surface area (Å²) >= 11 is 0. The highest BCUT2D eigenvalue weighted by molar-refractivity contribution is 6.20. The van der Waals surface area contributed by atoms with E-state index in [1.807, 2.05) is 103 Å². The van der Waals surface area contributed by atoms with Crippen molar-refractivity contribution in [1.82, 2.24) is 49.3 Å². The molecule has 31 heteroatoms. The highest BCUT2D eigenvalue weighted by Gasteiger charge is 2.41. The average Bonchev–Trinajstić information content (AvgIpc) is 1.60. The van der Waals surface area contributed by atoms with Gasteiger partial charge in [0.25, 0.3) is 0 Å². The number of aromatic hydroxyl groups is 4. The van der Waals surface area contributed by atoms with Crippen molar-refractivity contribution < 1.29 is 99.6 Å². The van der Waals surface area contributed by atoms with Gasteiger partial charge < -0.3 is 85.8 Å². The van der Waals surface area contributed by atoms with Gasteiger partial charge in [-0.2, -0.15) is 4.39 Å².